The van der Waals surface area contributed by atoms with E-state index in [2.05, 4.69) is 24.1 Å². The second-order valence-electron chi connectivity index (χ2n) is 8.88. The lowest BCUT2D eigenvalue weighted by Gasteiger charge is -2.56. The first-order chi connectivity index (χ1) is 14.6. The van der Waals surface area contributed by atoms with Crippen molar-refractivity contribution in [2.75, 3.05) is 20.7 Å². The maximum absolute atomic E-state index is 12.8. The van der Waals surface area contributed by atoms with Crippen molar-refractivity contribution in [3.63, 3.8) is 0 Å². The zero-order valence-corrected chi connectivity index (χ0v) is 17.3. The Morgan fingerprint density at radius 3 is 2.83 bits per heavy atom. The molecule has 1 saturated heterocycles. The van der Waals surface area contributed by atoms with E-state index in [9.17, 15) is 4.79 Å². The summed E-state index contributed by atoms with van der Waals surface area (Å²) in [6, 6.07) is 13.8. The second kappa shape index (κ2) is 6.35. The van der Waals surface area contributed by atoms with Crippen molar-refractivity contribution < 1.29 is 19.0 Å². The van der Waals surface area contributed by atoms with Gasteiger partial charge in [0.25, 0.3) is 0 Å². The van der Waals surface area contributed by atoms with Gasteiger partial charge in [-0.1, -0.05) is 24.3 Å². The topological polar surface area (TPSA) is 48.0 Å². The van der Waals surface area contributed by atoms with Crippen molar-refractivity contribution in [1.29, 1.82) is 0 Å². The van der Waals surface area contributed by atoms with E-state index in [-0.39, 0.29) is 17.5 Å². The number of hydrogen-bond donors (Lipinski definition) is 0. The van der Waals surface area contributed by atoms with Crippen LogP contribution in [0.1, 0.15) is 34.3 Å². The van der Waals surface area contributed by atoms with Crippen molar-refractivity contribution in [1.82, 2.24) is 4.90 Å². The summed E-state index contributed by atoms with van der Waals surface area (Å²) < 4.78 is 18.2. The number of ether oxygens (including phenoxy) is 3. The Kier molecular flexibility index (Phi) is 3.81. The monoisotopic (exact) mass is 403 g/mol. The van der Waals surface area contributed by atoms with Gasteiger partial charge in [0.15, 0.2) is 17.6 Å². The molecule has 2 bridgehead atoms. The number of carbonyl (C=O) groups excluding carboxylic acids is 1. The molecular formula is C25H25NO4. The molecule has 2 aliphatic carbocycles. The number of esters is 1. The summed E-state index contributed by atoms with van der Waals surface area (Å²) in [6.07, 6.45) is 4.71. The van der Waals surface area contributed by atoms with Gasteiger partial charge >= 0.3 is 5.97 Å². The Hall–Kier alpha value is -2.79. The third-order valence-electron chi connectivity index (χ3n) is 7.65. The molecule has 0 radical (unpaired) electrons. The third-order valence-corrected chi connectivity index (χ3v) is 7.65. The van der Waals surface area contributed by atoms with E-state index >= 15 is 0 Å². The first kappa shape index (κ1) is 18.0. The number of nitrogens with zero attached hydrogens (tertiary/aromatic N) is 1. The first-order valence-electron chi connectivity index (χ1n) is 10.7. The number of piperidine rings is 1. The van der Waals surface area contributed by atoms with Gasteiger partial charge in [-0.25, -0.2) is 4.79 Å². The van der Waals surface area contributed by atoms with Crippen LogP contribution in [0.25, 0.3) is 0 Å². The van der Waals surface area contributed by atoms with Gasteiger partial charge < -0.3 is 19.1 Å². The van der Waals surface area contributed by atoms with Crippen molar-refractivity contribution in [2.24, 2.45) is 5.92 Å². The molecule has 5 nitrogen and oxygen atoms in total. The maximum atomic E-state index is 12.8. The smallest absolute Gasteiger partial charge is 0.343 e. The summed E-state index contributed by atoms with van der Waals surface area (Å²) in [5.74, 6) is 2.37. The molecule has 1 fully saturated rings. The van der Waals surface area contributed by atoms with Crippen LogP contribution >= 0.6 is 0 Å². The lowest BCUT2D eigenvalue weighted by molar-refractivity contribution is -0.0272. The summed E-state index contributed by atoms with van der Waals surface area (Å²) in [5.41, 5.74) is 3.03. The number of allylic oxidation sites excluding steroid dienone is 1. The molecule has 2 aromatic rings. The zero-order chi connectivity index (χ0) is 20.5. The Balaban J connectivity index is 1.46. The molecule has 0 amide bonds. The summed E-state index contributed by atoms with van der Waals surface area (Å²) in [7, 11) is 3.91. The normalized spacial score (nSPS) is 30.7. The van der Waals surface area contributed by atoms with Crippen molar-refractivity contribution >= 4 is 5.97 Å². The summed E-state index contributed by atoms with van der Waals surface area (Å²) in [4.78, 5) is 15.3. The molecule has 2 aromatic carbocycles. The number of methoxy groups -OCH3 is 1. The van der Waals surface area contributed by atoms with Gasteiger partial charge in [0, 0.05) is 17.0 Å². The van der Waals surface area contributed by atoms with Crippen LogP contribution in [0.5, 0.6) is 11.5 Å². The number of likely N-dealkylation sites (N-methyl/N-ethyl adjacent to an activating group) is 1. The average Bonchev–Trinajstić information content (AvgIpc) is 3.13. The highest BCUT2D eigenvalue weighted by molar-refractivity contribution is 5.90. The summed E-state index contributed by atoms with van der Waals surface area (Å²) in [5, 5.41) is 0. The maximum Gasteiger partial charge on any atom is 0.343 e. The number of likely N-dealkylation sites (tertiary alicyclic amines) is 1. The fraction of sp³-hybridized carbons (Fsp3) is 0.400. The van der Waals surface area contributed by atoms with Crippen LogP contribution in [-0.2, 0) is 16.6 Å². The largest absolute Gasteiger partial charge is 0.493 e. The molecule has 0 unspecified atom stereocenters. The highest BCUT2D eigenvalue weighted by atomic mass is 16.6. The van der Waals surface area contributed by atoms with Gasteiger partial charge in [-0.15, -0.1) is 0 Å². The first-order valence-corrected chi connectivity index (χ1v) is 10.7. The van der Waals surface area contributed by atoms with Gasteiger partial charge in [-0.3, -0.25) is 0 Å². The Morgan fingerprint density at radius 1 is 1.20 bits per heavy atom. The van der Waals surface area contributed by atoms with Crippen LogP contribution in [0.2, 0.25) is 0 Å². The lowest BCUT2D eigenvalue weighted by atomic mass is 9.53. The molecule has 6 rings (SSSR count). The van der Waals surface area contributed by atoms with Crippen LogP contribution in [0, 0.1) is 5.92 Å². The molecular weight excluding hydrogens is 378 g/mol. The van der Waals surface area contributed by atoms with E-state index in [1.807, 2.05) is 24.3 Å². The van der Waals surface area contributed by atoms with Gasteiger partial charge in [0.1, 0.15) is 5.76 Å². The van der Waals surface area contributed by atoms with Crippen LogP contribution < -0.4 is 9.47 Å². The summed E-state index contributed by atoms with van der Waals surface area (Å²) >= 11 is 0. The molecule has 4 atom stereocenters. The van der Waals surface area contributed by atoms with Crippen molar-refractivity contribution in [2.45, 2.75) is 36.8 Å². The number of benzene rings is 2. The van der Waals surface area contributed by atoms with Gasteiger partial charge in [0.2, 0.25) is 0 Å². The quantitative estimate of drug-likeness (QED) is 0.731. The van der Waals surface area contributed by atoms with Crippen molar-refractivity contribution in [3.05, 3.63) is 71.0 Å². The van der Waals surface area contributed by atoms with Crippen LogP contribution in [-0.4, -0.2) is 43.7 Å². The fourth-order valence-electron chi connectivity index (χ4n) is 6.30. The number of rotatable bonds is 3. The predicted octanol–water partition coefficient (Wildman–Crippen LogP) is 3.72. The number of hydrogen-bond acceptors (Lipinski definition) is 5. The Labute approximate surface area is 176 Å². The van der Waals surface area contributed by atoms with E-state index in [0.717, 1.165) is 37.3 Å². The van der Waals surface area contributed by atoms with Crippen LogP contribution in [0.3, 0.4) is 0 Å². The lowest BCUT2D eigenvalue weighted by Crippen LogP contribution is -2.63. The van der Waals surface area contributed by atoms with E-state index in [1.54, 1.807) is 19.2 Å². The highest BCUT2D eigenvalue weighted by Crippen LogP contribution is 2.63. The zero-order valence-electron chi connectivity index (χ0n) is 17.3. The summed E-state index contributed by atoms with van der Waals surface area (Å²) in [6.45, 7) is 1.01. The molecule has 0 N–H and O–H groups in total. The van der Waals surface area contributed by atoms with E-state index < -0.39 is 0 Å². The Bertz CT molecular complexity index is 1060. The van der Waals surface area contributed by atoms with Crippen molar-refractivity contribution in [3.8, 4) is 11.5 Å². The predicted molar refractivity (Wildman–Crippen MR) is 112 cm³/mol. The third kappa shape index (κ3) is 2.24. The SMILES string of the molecule is COc1ccc2c3c1O[C@H]1C(OC(=O)c4ccccc4)=CC[C@H]4[C@@H](C2)N(C)CC[C@]314. The molecule has 5 heteroatoms. The average molecular weight is 403 g/mol. The van der Waals surface area contributed by atoms with Gasteiger partial charge in [-0.05, 0) is 68.6 Å². The molecule has 2 aliphatic heterocycles. The standard InChI is InChI=1S/C25H25NO4/c1-26-13-12-25-17-9-11-20(29-24(27)15-6-4-3-5-7-15)23(25)30-22-19(28-2)10-8-16(21(22)25)14-18(17)26/h3-8,10-11,17-18,23H,9,12-14H2,1-2H3/t17-,18+,23-,25-/m0/s1. The molecule has 154 valence electrons. The highest BCUT2D eigenvalue weighted by Gasteiger charge is 2.64. The molecule has 0 saturated carbocycles. The minimum absolute atomic E-state index is 0.157. The van der Waals surface area contributed by atoms with Crippen LogP contribution in [0.4, 0.5) is 0 Å². The number of carbonyl (C=O) groups is 1. The van der Waals surface area contributed by atoms with E-state index in [4.69, 9.17) is 14.2 Å². The minimum atomic E-state index is -0.330. The van der Waals surface area contributed by atoms with Gasteiger partial charge in [0.05, 0.1) is 12.7 Å². The van der Waals surface area contributed by atoms with E-state index in [1.165, 1.54) is 11.1 Å². The molecule has 4 aliphatic rings. The Morgan fingerprint density at radius 2 is 2.03 bits per heavy atom. The minimum Gasteiger partial charge on any atom is -0.493 e. The van der Waals surface area contributed by atoms with Gasteiger partial charge in [-0.2, -0.15) is 0 Å². The van der Waals surface area contributed by atoms with Crippen LogP contribution in [0.15, 0.2) is 54.3 Å². The second-order valence-corrected chi connectivity index (χ2v) is 8.88. The molecule has 1 spiro atoms. The molecule has 30 heavy (non-hydrogen) atoms. The molecule has 0 aromatic heterocycles. The van der Waals surface area contributed by atoms with E-state index in [0.29, 0.717) is 23.3 Å². The molecule has 2 heterocycles. The fourth-order valence-corrected chi connectivity index (χ4v) is 6.30.